The molecule has 0 aliphatic carbocycles. The Morgan fingerprint density at radius 3 is 2.31 bits per heavy atom. The van der Waals surface area contributed by atoms with Crippen LogP contribution in [0.3, 0.4) is 0 Å². The summed E-state index contributed by atoms with van der Waals surface area (Å²) in [7, 11) is 0. The fourth-order valence-corrected chi connectivity index (χ4v) is 1.69. The predicted octanol–water partition coefficient (Wildman–Crippen LogP) is 0.0152. The van der Waals surface area contributed by atoms with E-state index in [1.54, 1.807) is 13.8 Å². The highest BCUT2D eigenvalue weighted by Crippen LogP contribution is 2.23. The van der Waals surface area contributed by atoms with Gasteiger partial charge in [0.1, 0.15) is 13.2 Å². The average molecular weight is 229 g/mol. The van der Waals surface area contributed by atoms with Gasteiger partial charge in [-0.15, -0.1) is 0 Å². The quantitative estimate of drug-likeness (QED) is 0.687. The third-order valence-corrected chi connectivity index (χ3v) is 2.51. The van der Waals surface area contributed by atoms with Gasteiger partial charge in [-0.25, -0.2) is 0 Å². The number of carboxylic acids is 1. The van der Waals surface area contributed by atoms with E-state index in [0.29, 0.717) is 0 Å². The molecular weight excluding hydrogens is 214 g/mol. The fourth-order valence-electron chi connectivity index (χ4n) is 1.69. The summed E-state index contributed by atoms with van der Waals surface area (Å²) in [6.45, 7) is 3.11. The number of amides is 2. The van der Waals surface area contributed by atoms with Crippen molar-refractivity contribution < 1.29 is 24.2 Å². The first-order valence-electron chi connectivity index (χ1n) is 5.00. The van der Waals surface area contributed by atoms with E-state index in [4.69, 9.17) is 9.84 Å². The highest BCUT2D eigenvalue weighted by atomic mass is 16.5. The lowest BCUT2D eigenvalue weighted by molar-refractivity contribution is -0.166. The third kappa shape index (κ3) is 2.79. The minimum Gasteiger partial charge on any atom is -0.481 e. The Kier molecular flexibility index (Phi) is 3.64. The van der Waals surface area contributed by atoms with Crippen molar-refractivity contribution in [1.29, 1.82) is 0 Å². The lowest BCUT2D eigenvalue weighted by atomic mass is 9.95. The van der Waals surface area contributed by atoms with Crippen LogP contribution in [0.25, 0.3) is 0 Å². The lowest BCUT2D eigenvalue weighted by Crippen LogP contribution is -2.56. The van der Waals surface area contributed by atoms with Gasteiger partial charge in [0.2, 0.25) is 0 Å². The van der Waals surface area contributed by atoms with E-state index in [1.165, 1.54) is 0 Å². The Morgan fingerprint density at radius 2 is 1.88 bits per heavy atom. The standard InChI is InChI=1S/C10H15NO5/c1-10(2,4-3-9(14)15)11-7(12)5-16-6-8(11)13/h3-6H2,1-2H3,(H,14,15). The first-order valence-corrected chi connectivity index (χ1v) is 5.00. The minimum absolute atomic E-state index is 0.0785. The average Bonchev–Trinajstić information content (AvgIpc) is 2.14. The van der Waals surface area contributed by atoms with Crippen molar-refractivity contribution >= 4 is 17.8 Å². The highest BCUT2D eigenvalue weighted by molar-refractivity contribution is 5.99. The first-order chi connectivity index (χ1) is 7.34. The van der Waals surface area contributed by atoms with Crippen LogP contribution in [0.15, 0.2) is 0 Å². The number of nitrogens with zero attached hydrogens (tertiary/aromatic N) is 1. The summed E-state index contributed by atoms with van der Waals surface area (Å²) in [5, 5.41) is 8.59. The van der Waals surface area contributed by atoms with E-state index in [2.05, 4.69) is 0 Å². The third-order valence-electron chi connectivity index (χ3n) is 2.51. The molecular formula is C10H15NO5. The van der Waals surface area contributed by atoms with Crippen molar-refractivity contribution in [2.75, 3.05) is 13.2 Å². The second-order valence-corrected chi connectivity index (χ2v) is 4.32. The van der Waals surface area contributed by atoms with Crippen LogP contribution in [0.2, 0.25) is 0 Å². The van der Waals surface area contributed by atoms with Crippen molar-refractivity contribution in [2.24, 2.45) is 0 Å². The van der Waals surface area contributed by atoms with Gasteiger partial charge in [-0.1, -0.05) is 0 Å². The second-order valence-electron chi connectivity index (χ2n) is 4.32. The Balaban J connectivity index is 2.75. The Labute approximate surface area is 93.2 Å². The van der Waals surface area contributed by atoms with Crippen molar-refractivity contribution in [3.05, 3.63) is 0 Å². The van der Waals surface area contributed by atoms with Gasteiger partial charge in [-0.2, -0.15) is 0 Å². The maximum atomic E-state index is 11.5. The van der Waals surface area contributed by atoms with E-state index in [1.807, 2.05) is 0 Å². The molecule has 1 aliphatic rings. The monoisotopic (exact) mass is 229 g/mol. The number of imide groups is 1. The zero-order valence-corrected chi connectivity index (χ0v) is 9.36. The van der Waals surface area contributed by atoms with E-state index in [9.17, 15) is 14.4 Å². The molecule has 1 saturated heterocycles. The van der Waals surface area contributed by atoms with Crippen molar-refractivity contribution in [3.8, 4) is 0 Å². The van der Waals surface area contributed by atoms with Crippen LogP contribution >= 0.6 is 0 Å². The van der Waals surface area contributed by atoms with E-state index >= 15 is 0 Å². The summed E-state index contributed by atoms with van der Waals surface area (Å²) < 4.78 is 4.79. The summed E-state index contributed by atoms with van der Waals surface area (Å²) in [4.78, 5) is 34.6. The Bertz CT molecular complexity index is 307. The molecule has 0 aromatic carbocycles. The number of carbonyl (C=O) groups excluding carboxylic acids is 2. The Hall–Kier alpha value is -1.43. The molecule has 0 spiro atoms. The molecule has 0 saturated carbocycles. The smallest absolute Gasteiger partial charge is 0.303 e. The fraction of sp³-hybridized carbons (Fsp3) is 0.700. The zero-order valence-electron chi connectivity index (χ0n) is 9.36. The molecule has 6 heteroatoms. The normalized spacial score (nSPS) is 17.8. The van der Waals surface area contributed by atoms with Crippen molar-refractivity contribution in [2.45, 2.75) is 32.2 Å². The second kappa shape index (κ2) is 4.61. The predicted molar refractivity (Wildman–Crippen MR) is 53.6 cm³/mol. The van der Waals surface area contributed by atoms with Gasteiger partial charge in [-0.3, -0.25) is 19.3 Å². The summed E-state index contributed by atoms with van der Waals surface area (Å²) in [5.74, 6) is -1.76. The summed E-state index contributed by atoms with van der Waals surface area (Å²) in [6, 6.07) is 0. The molecule has 0 unspecified atom stereocenters. The van der Waals surface area contributed by atoms with Gasteiger partial charge < -0.3 is 9.84 Å². The number of hydrogen-bond donors (Lipinski definition) is 1. The summed E-state index contributed by atoms with van der Waals surface area (Å²) in [5.41, 5.74) is -0.781. The summed E-state index contributed by atoms with van der Waals surface area (Å²) >= 11 is 0. The topological polar surface area (TPSA) is 83.9 Å². The molecule has 1 fully saturated rings. The maximum absolute atomic E-state index is 11.5. The van der Waals surface area contributed by atoms with E-state index < -0.39 is 23.3 Å². The molecule has 16 heavy (non-hydrogen) atoms. The number of ether oxygens (including phenoxy) is 1. The molecule has 0 atom stereocenters. The number of morpholine rings is 1. The van der Waals surface area contributed by atoms with Gasteiger partial charge in [0.25, 0.3) is 11.8 Å². The molecule has 90 valence electrons. The summed E-state index contributed by atoms with van der Waals surface area (Å²) in [6.07, 6.45) is 0.157. The molecule has 0 bridgehead atoms. The molecule has 1 aliphatic heterocycles. The highest BCUT2D eigenvalue weighted by Gasteiger charge is 2.38. The van der Waals surface area contributed by atoms with Gasteiger partial charge in [0.05, 0.1) is 0 Å². The molecule has 0 aromatic heterocycles. The van der Waals surface area contributed by atoms with Crippen molar-refractivity contribution in [1.82, 2.24) is 4.90 Å². The number of carbonyl (C=O) groups is 3. The molecule has 2 amide bonds. The van der Waals surface area contributed by atoms with Crippen LogP contribution in [-0.2, 0) is 19.1 Å². The zero-order chi connectivity index (χ0) is 12.3. The van der Waals surface area contributed by atoms with Gasteiger partial charge >= 0.3 is 5.97 Å². The largest absolute Gasteiger partial charge is 0.481 e. The number of rotatable bonds is 4. The molecule has 1 heterocycles. The van der Waals surface area contributed by atoms with Crippen LogP contribution < -0.4 is 0 Å². The van der Waals surface area contributed by atoms with Crippen LogP contribution in [0, 0.1) is 0 Å². The maximum Gasteiger partial charge on any atom is 0.303 e. The van der Waals surface area contributed by atoms with Crippen LogP contribution in [0.5, 0.6) is 0 Å². The van der Waals surface area contributed by atoms with Crippen LogP contribution in [-0.4, -0.2) is 46.5 Å². The SMILES string of the molecule is CC(C)(CCC(=O)O)N1C(=O)COCC1=O. The molecule has 1 N–H and O–H groups in total. The number of hydrogen-bond acceptors (Lipinski definition) is 4. The lowest BCUT2D eigenvalue weighted by Gasteiger charge is -2.38. The minimum atomic E-state index is -0.943. The Morgan fingerprint density at radius 1 is 1.38 bits per heavy atom. The van der Waals surface area contributed by atoms with Gasteiger partial charge in [0, 0.05) is 12.0 Å². The van der Waals surface area contributed by atoms with Gasteiger partial charge in [-0.05, 0) is 20.3 Å². The number of aliphatic carboxylic acids is 1. The molecule has 0 radical (unpaired) electrons. The van der Waals surface area contributed by atoms with Crippen LogP contribution in [0.1, 0.15) is 26.7 Å². The molecule has 6 nitrogen and oxygen atoms in total. The number of carboxylic acid groups (broad SMARTS) is 1. The molecule has 0 aromatic rings. The van der Waals surface area contributed by atoms with Crippen LogP contribution in [0.4, 0.5) is 0 Å². The van der Waals surface area contributed by atoms with Crippen molar-refractivity contribution in [3.63, 3.8) is 0 Å². The van der Waals surface area contributed by atoms with Gasteiger partial charge in [0.15, 0.2) is 0 Å². The van der Waals surface area contributed by atoms with E-state index in [0.717, 1.165) is 4.90 Å². The van der Waals surface area contributed by atoms with E-state index in [-0.39, 0.29) is 26.1 Å². The first kappa shape index (κ1) is 12.6. The molecule has 1 rings (SSSR count).